The maximum absolute atomic E-state index is 12.3. The third-order valence-corrected chi connectivity index (χ3v) is 5.10. The summed E-state index contributed by atoms with van der Waals surface area (Å²) in [7, 11) is 0. The summed E-state index contributed by atoms with van der Waals surface area (Å²) in [5.41, 5.74) is 1.56. The van der Waals surface area contributed by atoms with Crippen molar-refractivity contribution in [2.24, 2.45) is 0 Å². The van der Waals surface area contributed by atoms with E-state index < -0.39 is 11.5 Å². The van der Waals surface area contributed by atoms with Gasteiger partial charge in [-0.2, -0.15) is 0 Å². The molecule has 5 nitrogen and oxygen atoms in total. The number of carbonyl (C=O) groups excluding carboxylic acids is 1. The van der Waals surface area contributed by atoms with Crippen molar-refractivity contribution < 1.29 is 19.4 Å². The van der Waals surface area contributed by atoms with Crippen molar-refractivity contribution >= 4 is 27.8 Å². The number of aryl methyl sites for hydroxylation is 2. The first-order valence-electron chi connectivity index (χ1n) is 7.76. The summed E-state index contributed by atoms with van der Waals surface area (Å²) in [6.07, 6.45) is 2.02. The van der Waals surface area contributed by atoms with Gasteiger partial charge in [0, 0.05) is 24.1 Å². The number of nitrogens with one attached hydrogen (secondary N) is 1. The van der Waals surface area contributed by atoms with Crippen LogP contribution in [-0.4, -0.2) is 35.7 Å². The molecule has 0 spiro atoms. The van der Waals surface area contributed by atoms with Crippen LogP contribution in [0.5, 0.6) is 0 Å². The summed E-state index contributed by atoms with van der Waals surface area (Å²) >= 11 is 3.46. The zero-order valence-corrected chi connectivity index (χ0v) is 14.8. The molecule has 6 heteroatoms. The zero-order valence-electron chi connectivity index (χ0n) is 13.2. The van der Waals surface area contributed by atoms with Crippen LogP contribution in [0.4, 0.5) is 0 Å². The molecule has 1 aromatic carbocycles. The van der Waals surface area contributed by atoms with E-state index in [9.17, 15) is 9.59 Å². The monoisotopic (exact) mass is 383 g/mol. The van der Waals surface area contributed by atoms with Crippen LogP contribution in [0.3, 0.4) is 0 Å². The topological polar surface area (TPSA) is 75.6 Å². The van der Waals surface area contributed by atoms with E-state index >= 15 is 0 Å². The molecule has 0 saturated carbocycles. The highest BCUT2D eigenvalue weighted by molar-refractivity contribution is 9.10. The fourth-order valence-corrected chi connectivity index (χ4v) is 3.12. The van der Waals surface area contributed by atoms with Crippen molar-refractivity contribution in [1.82, 2.24) is 5.32 Å². The van der Waals surface area contributed by atoms with Gasteiger partial charge in [-0.15, -0.1) is 0 Å². The maximum atomic E-state index is 12.3. The molecule has 126 valence electrons. The van der Waals surface area contributed by atoms with Crippen LogP contribution in [0.15, 0.2) is 22.7 Å². The van der Waals surface area contributed by atoms with Gasteiger partial charge in [0.05, 0.1) is 12.0 Å². The molecule has 0 radical (unpaired) electrons. The molecule has 0 aliphatic carbocycles. The van der Waals surface area contributed by atoms with E-state index in [0.29, 0.717) is 38.9 Å². The molecule has 0 aromatic heterocycles. The number of rotatable bonds is 6. The lowest BCUT2D eigenvalue weighted by Gasteiger charge is -2.36. The standard InChI is InChI=1S/C17H22BrNO4/c1-12-10-13(2-4-14(12)18)3-5-15(20)19-17(11-16(21)22)6-8-23-9-7-17/h2,4,10H,3,5-9,11H2,1H3,(H,19,20)(H,21,22). The first-order valence-corrected chi connectivity index (χ1v) is 8.55. The molecule has 0 bridgehead atoms. The van der Waals surface area contributed by atoms with Crippen LogP contribution in [-0.2, 0) is 20.7 Å². The summed E-state index contributed by atoms with van der Waals surface area (Å²) in [6.45, 7) is 2.98. The normalized spacial score (nSPS) is 16.8. The Hall–Kier alpha value is -1.40. The average Bonchev–Trinajstić information content (AvgIpc) is 2.48. The van der Waals surface area contributed by atoms with Gasteiger partial charge in [-0.05, 0) is 43.4 Å². The third kappa shape index (κ3) is 5.32. The summed E-state index contributed by atoms with van der Waals surface area (Å²) in [5.74, 6) is -0.996. The minimum Gasteiger partial charge on any atom is -0.481 e. The first kappa shape index (κ1) is 17.9. The number of amides is 1. The van der Waals surface area contributed by atoms with E-state index in [1.165, 1.54) is 0 Å². The van der Waals surface area contributed by atoms with Crippen LogP contribution in [0.25, 0.3) is 0 Å². The zero-order chi connectivity index (χ0) is 16.9. The Labute approximate surface area is 144 Å². The predicted octanol–water partition coefficient (Wildman–Crippen LogP) is 2.83. The summed E-state index contributed by atoms with van der Waals surface area (Å²) < 4.78 is 6.34. The van der Waals surface area contributed by atoms with Gasteiger partial charge in [0.2, 0.25) is 5.91 Å². The average molecular weight is 384 g/mol. The predicted molar refractivity (Wildman–Crippen MR) is 90.4 cm³/mol. The largest absolute Gasteiger partial charge is 0.481 e. The van der Waals surface area contributed by atoms with Gasteiger partial charge in [-0.3, -0.25) is 9.59 Å². The molecule has 1 aliphatic heterocycles. The van der Waals surface area contributed by atoms with Gasteiger partial charge in [-0.25, -0.2) is 0 Å². The smallest absolute Gasteiger partial charge is 0.305 e. The Morgan fingerprint density at radius 1 is 1.35 bits per heavy atom. The molecule has 2 rings (SSSR count). The third-order valence-electron chi connectivity index (χ3n) is 4.21. The molecule has 1 aliphatic rings. The molecular weight excluding hydrogens is 362 g/mol. The molecule has 23 heavy (non-hydrogen) atoms. The second-order valence-corrected chi connectivity index (χ2v) is 6.95. The number of benzene rings is 1. The van der Waals surface area contributed by atoms with E-state index in [4.69, 9.17) is 9.84 Å². The molecule has 1 fully saturated rings. The van der Waals surface area contributed by atoms with E-state index in [2.05, 4.69) is 27.3 Å². The number of carboxylic acids is 1. The van der Waals surface area contributed by atoms with E-state index in [-0.39, 0.29) is 12.3 Å². The Morgan fingerprint density at radius 3 is 2.65 bits per heavy atom. The van der Waals surface area contributed by atoms with E-state index in [1.54, 1.807) is 0 Å². The minimum atomic E-state index is -0.893. The number of carboxylic acid groups (broad SMARTS) is 1. The summed E-state index contributed by atoms with van der Waals surface area (Å²) in [5, 5.41) is 12.1. The lowest BCUT2D eigenvalue weighted by Crippen LogP contribution is -2.53. The highest BCUT2D eigenvalue weighted by atomic mass is 79.9. The molecule has 0 unspecified atom stereocenters. The number of hydrogen-bond acceptors (Lipinski definition) is 3. The number of aliphatic carboxylic acids is 1. The van der Waals surface area contributed by atoms with Gasteiger partial charge >= 0.3 is 5.97 Å². The van der Waals surface area contributed by atoms with Crippen LogP contribution in [0, 0.1) is 6.92 Å². The van der Waals surface area contributed by atoms with E-state index in [0.717, 1.165) is 15.6 Å². The molecule has 1 amide bonds. The van der Waals surface area contributed by atoms with Crippen LogP contribution < -0.4 is 5.32 Å². The Balaban J connectivity index is 1.93. The van der Waals surface area contributed by atoms with Gasteiger partial charge in [0.25, 0.3) is 0 Å². The molecule has 1 heterocycles. The quantitative estimate of drug-likeness (QED) is 0.791. The molecule has 1 aromatic rings. The van der Waals surface area contributed by atoms with Crippen LogP contribution >= 0.6 is 15.9 Å². The van der Waals surface area contributed by atoms with Gasteiger partial charge in [-0.1, -0.05) is 28.1 Å². The second kappa shape index (κ2) is 7.93. The fourth-order valence-electron chi connectivity index (χ4n) is 2.88. The van der Waals surface area contributed by atoms with Gasteiger partial charge in [0.1, 0.15) is 0 Å². The van der Waals surface area contributed by atoms with Gasteiger partial charge < -0.3 is 15.2 Å². The molecule has 0 atom stereocenters. The second-order valence-electron chi connectivity index (χ2n) is 6.09. The summed E-state index contributed by atoms with van der Waals surface area (Å²) in [4.78, 5) is 23.4. The van der Waals surface area contributed by atoms with Crippen molar-refractivity contribution in [3.63, 3.8) is 0 Å². The van der Waals surface area contributed by atoms with Crippen LogP contribution in [0.1, 0.15) is 36.8 Å². The number of hydrogen-bond donors (Lipinski definition) is 2. The molecule has 2 N–H and O–H groups in total. The lowest BCUT2D eigenvalue weighted by atomic mass is 9.86. The number of carbonyl (C=O) groups is 2. The summed E-state index contributed by atoms with van der Waals surface area (Å²) in [6, 6.07) is 6.03. The molecule has 1 saturated heterocycles. The maximum Gasteiger partial charge on any atom is 0.305 e. The molecular formula is C17H22BrNO4. The van der Waals surface area contributed by atoms with E-state index in [1.807, 2.05) is 19.1 Å². The van der Waals surface area contributed by atoms with Crippen molar-refractivity contribution in [2.45, 2.75) is 44.6 Å². The number of ether oxygens (including phenoxy) is 1. The minimum absolute atomic E-state index is 0.0561. The highest BCUT2D eigenvalue weighted by Gasteiger charge is 2.36. The van der Waals surface area contributed by atoms with Crippen LogP contribution in [0.2, 0.25) is 0 Å². The lowest BCUT2D eigenvalue weighted by molar-refractivity contribution is -0.140. The van der Waals surface area contributed by atoms with Crippen molar-refractivity contribution in [3.05, 3.63) is 33.8 Å². The Kier molecular flexibility index (Phi) is 6.18. The van der Waals surface area contributed by atoms with Crippen molar-refractivity contribution in [3.8, 4) is 0 Å². The highest BCUT2D eigenvalue weighted by Crippen LogP contribution is 2.25. The van der Waals surface area contributed by atoms with Gasteiger partial charge in [0.15, 0.2) is 0 Å². The van der Waals surface area contributed by atoms with Crippen molar-refractivity contribution in [1.29, 1.82) is 0 Å². The fraction of sp³-hybridized carbons (Fsp3) is 0.529. The number of halogens is 1. The van der Waals surface area contributed by atoms with Crippen molar-refractivity contribution in [2.75, 3.05) is 13.2 Å². The Morgan fingerprint density at radius 2 is 2.04 bits per heavy atom. The first-order chi connectivity index (χ1) is 10.9. The Bertz CT molecular complexity index is 582. The SMILES string of the molecule is Cc1cc(CCC(=O)NC2(CC(=O)O)CCOCC2)ccc1Br.